The molecule has 10 heteroatoms. The Morgan fingerprint density at radius 1 is 0.915 bits per heavy atom. The lowest BCUT2D eigenvalue weighted by atomic mass is 9.94. The van der Waals surface area contributed by atoms with Crippen LogP contribution in [0.2, 0.25) is 0 Å². The summed E-state index contributed by atoms with van der Waals surface area (Å²) in [6.45, 7) is 5.81. The number of piperidine rings is 1. The van der Waals surface area contributed by atoms with Gasteiger partial charge in [0.2, 0.25) is 5.91 Å². The molecule has 0 aliphatic carbocycles. The Kier molecular flexibility index (Phi) is 9.22. The van der Waals surface area contributed by atoms with Crippen LogP contribution < -0.4 is 10.2 Å². The number of rotatable bonds is 7. The first-order valence-corrected chi connectivity index (χ1v) is 16.6. The van der Waals surface area contributed by atoms with Crippen LogP contribution in [0.4, 0.5) is 10.5 Å². The Bertz CT molecular complexity index is 1660. The van der Waals surface area contributed by atoms with Gasteiger partial charge < -0.3 is 24.6 Å². The zero-order chi connectivity index (χ0) is 33.1. The van der Waals surface area contributed by atoms with Crippen LogP contribution in [0.5, 0.6) is 0 Å². The van der Waals surface area contributed by atoms with Gasteiger partial charge in [-0.2, -0.15) is 0 Å². The van der Waals surface area contributed by atoms with Crippen molar-refractivity contribution in [2.24, 2.45) is 0 Å². The third-order valence-electron chi connectivity index (χ3n) is 8.11. The molecule has 3 aliphatic heterocycles. The molecule has 3 aromatic carbocycles. The molecule has 2 fully saturated rings. The highest BCUT2D eigenvalue weighted by atomic mass is 32.2. The molecule has 0 bridgehead atoms. The molecule has 3 amide bonds. The summed E-state index contributed by atoms with van der Waals surface area (Å²) in [4.78, 5) is 57.5. The fraction of sp³-hybridized carbons (Fsp3) is 0.297. The number of alkyl carbamates (subject to hydrolysis) is 1. The van der Waals surface area contributed by atoms with Crippen LogP contribution in [0.3, 0.4) is 0 Å². The second-order valence-corrected chi connectivity index (χ2v) is 13.6. The Labute approximate surface area is 278 Å². The standard InChI is InChI=1S/C37H37N3O6S/c1-37(2,3)46-36(44)38-29-33(42)40-30(35(43)45-31(24-14-7-4-8-15-24)25-16-9-5-10-17-25)27(23-47-34(29)40)22-26-18-13-21-39(32(26)41)28-19-11-6-12-20-28/h4-12,14-17,19-20,22-23,29-31,34H,13,18,21H2,1-3H3,(H,38,44)/b26-22+/t29-,30+,34-/m1/s1. The fourth-order valence-corrected chi connectivity index (χ4v) is 7.16. The van der Waals surface area contributed by atoms with Crippen molar-refractivity contribution >= 4 is 41.3 Å². The molecule has 242 valence electrons. The van der Waals surface area contributed by atoms with E-state index in [-0.39, 0.29) is 5.91 Å². The minimum Gasteiger partial charge on any atom is -0.451 e. The number of nitrogens with one attached hydrogen (secondary N) is 1. The number of fused-ring (bicyclic) bond motifs is 1. The van der Waals surface area contributed by atoms with E-state index in [1.807, 2.05) is 91.0 Å². The van der Waals surface area contributed by atoms with Crippen LogP contribution in [0.15, 0.2) is 114 Å². The van der Waals surface area contributed by atoms with Gasteiger partial charge >= 0.3 is 12.1 Å². The Morgan fingerprint density at radius 3 is 2.11 bits per heavy atom. The summed E-state index contributed by atoms with van der Waals surface area (Å²) in [6, 6.07) is 26.3. The molecule has 0 aromatic heterocycles. The number of carbonyl (C=O) groups excluding carboxylic acids is 4. The van der Waals surface area contributed by atoms with Crippen molar-refractivity contribution < 1.29 is 28.7 Å². The number of thioether (sulfide) groups is 1. The zero-order valence-electron chi connectivity index (χ0n) is 26.5. The Hall–Kier alpha value is -4.83. The third-order valence-corrected chi connectivity index (χ3v) is 9.29. The summed E-state index contributed by atoms with van der Waals surface area (Å²) >= 11 is 1.31. The van der Waals surface area contributed by atoms with Gasteiger partial charge in [-0.15, -0.1) is 11.8 Å². The highest BCUT2D eigenvalue weighted by molar-refractivity contribution is 8.03. The molecule has 0 radical (unpaired) electrons. The molecule has 0 spiro atoms. The molecular weight excluding hydrogens is 614 g/mol. The number of hydrogen-bond donors (Lipinski definition) is 1. The number of esters is 1. The highest BCUT2D eigenvalue weighted by Crippen LogP contribution is 2.42. The van der Waals surface area contributed by atoms with E-state index in [0.717, 1.165) is 23.2 Å². The summed E-state index contributed by atoms with van der Waals surface area (Å²) in [6.07, 6.45) is 1.56. The molecule has 6 rings (SSSR count). The van der Waals surface area contributed by atoms with Crippen LogP contribution in [0, 0.1) is 0 Å². The Balaban J connectivity index is 1.33. The second kappa shape index (κ2) is 13.5. The van der Waals surface area contributed by atoms with E-state index in [0.29, 0.717) is 24.1 Å². The Morgan fingerprint density at radius 2 is 1.51 bits per heavy atom. The molecule has 3 aromatic rings. The van der Waals surface area contributed by atoms with Gasteiger partial charge in [0.25, 0.3) is 5.91 Å². The normalized spacial score (nSPS) is 21.9. The number of anilines is 1. The van der Waals surface area contributed by atoms with Crippen molar-refractivity contribution in [3.05, 3.63) is 125 Å². The van der Waals surface area contributed by atoms with Gasteiger partial charge in [-0.05, 0) is 73.9 Å². The van der Waals surface area contributed by atoms with Crippen LogP contribution in [-0.2, 0) is 23.9 Å². The molecular formula is C37H37N3O6S. The van der Waals surface area contributed by atoms with Crippen molar-refractivity contribution in [1.82, 2.24) is 10.2 Å². The molecule has 3 atom stereocenters. The van der Waals surface area contributed by atoms with E-state index in [1.165, 1.54) is 16.7 Å². The number of hydrogen-bond acceptors (Lipinski definition) is 7. The van der Waals surface area contributed by atoms with E-state index < -0.39 is 47.1 Å². The maximum atomic E-state index is 14.3. The monoisotopic (exact) mass is 651 g/mol. The predicted octanol–water partition coefficient (Wildman–Crippen LogP) is 6.13. The average molecular weight is 652 g/mol. The minimum absolute atomic E-state index is 0.145. The van der Waals surface area contributed by atoms with Gasteiger partial charge in [0, 0.05) is 17.8 Å². The smallest absolute Gasteiger partial charge is 0.408 e. The summed E-state index contributed by atoms with van der Waals surface area (Å²) in [5.74, 6) is -1.21. The number of ether oxygens (including phenoxy) is 2. The van der Waals surface area contributed by atoms with Gasteiger partial charge in [0.05, 0.1) is 0 Å². The molecule has 3 aliphatic rings. The molecule has 47 heavy (non-hydrogen) atoms. The van der Waals surface area contributed by atoms with E-state index in [2.05, 4.69) is 5.32 Å². The predicted molar refractivity (Wildman–Crippen MR) is 180 cm³/mol. The summed E-state index contributed by atoms with van der Waals surface area (Å²) in [5.41, 5.74) is 2.64. The van der Waals surface area contributed by atoms with Crippen molar-refractivity contribution in [3.8, 4) is 0 Å². The van der Waals surface area contributed by atoms with Crippen molar-refractivity contribution in [3.63, 3.8) is 0 Å². The van der Waals surface area contributed by atoms with Crippen molar-refractivity contribution in [2.75, 3.05) is 11.4 Å². The second-order valence-electron chi connectivity index (χ2n) is 12.6. The summed E-state index contributed by atoms with van der Waals surface area (Å²) in [5, 5.41) is 3.90. The SMILES string of the molecule is CC(C)(C)OC(=O)N[C@@H]1C(=O)N2[C@H](C(=O)OC(c3ccccc3)c3ccccc3)C(/C=C3\CCCN(c4ccccc4)C3=O)=CS[C@H]12. The first kappa shape index (κ1) is 32.1. The van der Waals surface area contributed by atoms with Crippen LogP contribution in [0.25, 0.3) is 0 Å². The quantitative estimate of drug-likeness (QED) is 0.186. The number of carbonyl (C=O) groups is 4. The first-order chi connectivity index (χ1) is 22.6. The fourth-order valence-electron chi connectivity index (χ4n) is 5.97. The number of amides is 3. The van der Waals surface area contributed by atoms with E-state index in [4.69, 9.17) is 9.47 Å². The van der Waals surface area contributed by atoms with Gasteiger partial charge in [0.15, 0.2) is 12.1 Å². The van der Waals surface area contributed by atoms with E-state index >= 15 is 0 Å². The van der Waals surface area contributed by atoms with Crippen LogP contribution >= 0.6 is 11.8 Å². The molecule has 0 unspecified atom stereocenters. The lowest BCUT2D eigenvalue weighted by Crippen LogP contribution is -2.74. The molecule has 3 heterocycles. The molecule has 0 saturated carbocycles. The van der Waals surface area contributed by atoms with E-state index in [1.54, 1.807) is 37.2 Å². The van der Waals surface area contributed by atoms with Crippen LogP contribution in [-0.4, -0.2) is 58.4 Å². The topological polar surface area (TPSA) is 105 Å². The molecule has 2 saturated heterocycles. The average Bonchev–Trinajstić information content (AvgIpc) is 3.07. The van der Waals surface area contributed by atoms with Gasteiger partial charge in [-0.25, -0.2) is 9.59 Å². The zero-order valence-corrected chi connectivity index (χ0v) is 27.3. The minimum atomic E-state index is -1.13. The highest BCUT2D eigenvalue weighted by Gasteiger charge is 2.56. The van der Waals surface area contributed by atoms with Crippen molar-refractivity contribution in [2.45, 2.75) is 62.8 Å². The van der Waals surface area contributed by atoms with Crippen LogP contribution in [0.1, 0.15) is 50.8 Å². The lowest BCUT2D eigenvalue weighted by molar-refractivity contribution is -0.164. The summed E-state index contributed by atoms with van der Waals surface area (Å²) < 4.78 is 11.7. The summed E-state index contributed by atoms with van der Waals surface area (Å²) in [7, 11) is 0. The molecule has 9 nitrogen and oxygen atoms in total. The maximum absolute atomic E-state index is 14.3. The van der Waals surface area contributed by atoms with Gasteiger partial charge in [-0.1, -0.05) is 78.9 Å². The first-order valence-electron chi connectivity index (χ1n) is 15.7. The number of nitrogens with zero attached hydrogens (tertiary/aromatic N) is 2. The van der Waals surface area contributed by atoms with Crippen molar-refractivity contribution in [1.29, 1.82) is 0 Å². The lowest BCUT2D eigenvalue weighted by Gasteiger charge is -2.51. The van der Waals surface area contributed by atoms with E-state index in [9.17, 15) is 19.2 Å². The van der Waals surface area contributed by atoms with Gasteiger partial charge in [-0.3, -0.25) is 9.59 Å². The largest absolute Gasteiger partial charge is 0.451 e. The number of benzene rings is 3. The maximum Gasteiger partial charge on any atom is 0.408 e. The van der Waals surface area contributed by atoms with Gasteiger partial charge in [0.1, 0.15) is 17.0 Å². The third kappa shape index (κ3) is 6.97. The number of β-lactam (4-membered cyclic amide) rings is 1. The molecule has 1 N–H and O–H groups in total. The number of para-hydroxylation sites is 1.